The Morgan fingerprint density at radius 2 is 2.00 bits per heavy atom. The molecule has 1 aromatic rings. The van der Waals surface area contributed by atoms with Crippen LogP contribution in [0.15, 0.2) is 24.4 Å². The van der Waals surface area contributed by atoms with Crippen LogP contribution in [0.25, 0.3) is 0 Å². The fourth-order valence-electron chi connectivity index (χ4n) is 0.725. The Hall–Kier alpha value is -0.600. The number of hydrogen-bond acceptors (Lipinski definition) is 2. The predicted octanol–water partition coefficient (Wildman–Crippen LogP) is 1.73. The number of hydrogen-bond donors (Lipinski definition) is 1. The molecule has 1 rings (SSSR count). The molecular weight excluding hydrogens is 162 g/mol. The number of rotatable bonds is 1. The Morgan fingerprint density at radius 1 is 1.36 bits per heavy atom. The zero-order chi connectivity index (χ0) is 7.61. The maximum atomic E-state index is 9.43. The third kappa shape index (κ3) is 2.87. The Morgan fingerprint density at radius 3 is 2.27 bits per heavy atom. The van der Waals surface area contributed by atoms with Crippen molar-refractivity contribution in [2.45, 2.75) is 19.4 Å². The molecule has 0 atom stereocenters. The van der Waals surface area contributed by atoms with E-state index in [-0.39, 0.29) is 12.4 Å². The monoisotopic (exact) mass is 173 g/mol. The Bertz CT molecular complexity index is 205. The van der Waals surface area contributed by atoms with Gasteiger partial charge in [-0.3, -0.25) is 4.98 Å². The molecule has 0 aliphatic carbocycles. The van der Waals surface area contributed by atoms with Crippen LogP contribution in [-0.4, -0.2) is 10.1 Å². The number of nitrogens with zero attached hydrogens (tertiary/aromatic N) is 1. The zero-order valence-corrected chi connectivity index (χ0v) is 7.43. The van der Waals surface area contributed by atoms with Crippen molar-refractivity contribution in [1.82, 2.24) is 4.98 Å². The lowest BCUT2D eigenvalue weighted by atomic mass is 10.1. The quantitative estimate of drug-likeness (QED) is 0.702. The highest BCUT2D eigenvalue weighted by Gasteiger charge is 2.15. The number of pyridine rings is 1. The van der Waals surface area contributed by atoms with Gasteiger partial charge in [-0.25, -0.2) is 0 Å². The first-order chi connectivity index (χ1) is 4.61. The topological polar surface area (TPSA) is 33.1 Å². The summed E-state index contributed by atoms with van der Waals surface area (Å²) in [6, 6.07) is 5.50. The summed E-state index contributed by atoms with van der Waals surface area (Å²) in [5.74, 6) is 0. The Labute approximate surface area is 72.7 Å². The van der Waals surface area contributed by atoms with Gasteiger partial charge >= 0.3 is 0 Å². The fourth-order valence-corrected chi connectivity index (χ4v) is 0.725. The van der Waals surface area contributed by atoms with Crippen molar-refractivity contribution < 1.29 is 5.11 Å². The van der Waals surface area contributed by atoms with Crippen molar-refractivity contribution in [3.63, 3.8) is 0 Å². The maximum absolute atomic E-state index is 9.43. The summed E-state index contributed by atoms with van der Waals surface area (Å²) in [6.45, 7) is 3.44. The molecule has 0 fully saturated rings. The van der Waals surface area contributed by atoms with E-state index in [1.165, 1.54) is 0 Å². The molecule has 0 bridgehead atoms. The highest BCUT2D eigenvalue weighted by molar-refractivity contribution is 5.85. The van der Waals surface area contributed by atoms with Gasteiger partial charge in [0.05, 0.1) is 5.69 Å². The minimum Gasteiger partial charge on any atom is -0.384 e. The largest absolute Gasteiger partial charge is 0.384 e. The van der Waals surface area contributed by atoms with Gasteiger partial charge in [-0.05, 0) is 26.0 Å². The fraction of sp³-hybridized carbons (Fsp3) is 0.375. The van der Waals surface area contributed by atoms with E-state index in [1.807, 2.05) is 12.1 Å². The van der Waals surface area contributed by atoms with Gasteiger partial charge in [0.15, 0.2) is 0 Å². The average Bonchev–Trinajstić information content (AvgIpc) is 1.88. The second kappa shape index (κ2) is 3.69. The molecule has 1 heterocycles. The van der Waals surface area contributed by atoms with Crippen LogP contribution in [0.5, 0.6) is 0 Å². The van der Waals surface area contributed by atoms with Crippen LogP contribution in [0, 0.1) is 0 Å². The molecule has 0 radical (unpaired) electrons. The molecule has 0 aliphatic heterocycles. The van der Waals surface area contributed by atoms with E-state index in [1.54, 1.807) is 26.1 Å². The first-order valence-corrected chi connectivity index (χ1v) is 3.24. The van der Waals surface area contributed by atoms with Crippen molar-refractivity contribution in [1.29, 1.82) is 0 Å². The molecule has 0 aliphatic rings. The van der Waals surface area contributed by atoms with Gasteiger partial charge in [0.2, 0.25) is 0 Å². The molecule has 62 valence electrons. The van der Waals surface area contributed by atoms with Gasteiger partial charge in [0.25, 0.3) is 0 Å². The van der Waals surface area contributed by atoms with Crippen LogP contribution < -0.4 is 0 Å². The van der Waals surface area contributed by atoms with E-state index in [0.717, 1.165) is 0 Å². The van der Waals surface area contributed by atoms with Gasteiger partial charge in [-0.15, -0.1) is 12.4 Å². The molecule has 1 aromatic heterocycles. The van der Waals surface area contributed by atoms with Crippen LogP contribution in [0.4, 0.5) is 0 Å². The summed E-state index contributed by atoms with van der Waals surface area (Å²) in [7, 11) is 0. The SMILES string of the molecule is CC(C)(O)c1ccccn1.Cl. The van der Waals surface area contributed by atoms with Gasteiger partial charge < -0.3 is 5.11 Å². The summed E-state index contributed by atoms with van der Waals surface area (Å²) in [4.78, 5) is 4.00. The van der Waals surface area contributed by atoms with Crippen molar-refractivity contribution in [3.8, 4) is 0 Å². The minimum atomic E-state index is -0.818. The van der Waals surface area contributed by atoms with E-state index in [2.05, 4.69) is 4.98 Å². The van der Waals surface area contributed by atoms with E-state index >= 15 is 0 Å². The van der Waals surface area contributed by atoms with Crippen molar-refractivity contribution in [3.05, 3.63) is 30.1 Å². The number of aromatic nitrogens is 1. The molecule has 0 amide bonds. The van der Waals surface area contributed by atoms with Gasteiger partial charge in [-0.1, -0.05) is 6.07 Å². The average molecular weight is 174 g/mol. The molecule has 0 saturated heterocycles. The van der Waals surface area contributed by atoms with Gasteiger partial charge in [-0.2, -0.15) is 0 Å². The molecule has 0 spiro atoms. The van der Waals surface area contributed by atoms with Gasteiger partial charge in [0.1, 0.15) is 5.60 Å². The lowest BCUT2D eigenvalue weighted by molar-refractivity contribution is 0.0738. The second-order valence-corrected chi connectivity index (χ2v) is 2.77. The third-order valence-corrected chi connectivity index (χ3v) is 1.29. The second-order valence-electron chi connectivity index (χ2n) is 2.77. The van der Waals surface area contributed by atoms with E-state index in [9.17, 15) is 5.11 Å². The number of aliphatic hydroxyl groups is 1. The summed E-state index contributed by atoms with van der Waals surface area (Å²) in [5.41, 5.74) is -0.114. The molecule has 3 heteroatoms. The molecular formula is C8H12ClNO. The van der Waals surface area contributed by atoms with Crippen LogP contribution in [-0.2, 0) is 5.60 Å². The summed E-state index contributed by atoms with van der Waals surface area (Å²) in [5, 5.41) is 9.43. The Balaban J connectivity index is 0.000001000. The first-order valence-electron chi connectivity index (χ1n) is 3.24. The van der Waals surface area contributed by atoms with Gasteiger partial charge in [0, 0.05) is 6.20 Å². The lowest BCUT2D eigenvalue weighted by Crippen LogP contribution is -2.16. The highest BCUT2D eigenvalue weighted by Crippen LogP contribution is 2.15. The third-order valence-electron chi connectivity index (χ3n) is 1.29. The summed E-state index contributed by atoms with van der Waals surface area (Å²) in [6.07, 6.45) is 1.67. The molecule has 11 heavy (non-hydrogen) atoms. The molecule has 0 saturated carbocycles. The smallest absolute Gasteiger partial charge is 0.101 e. The Kier molecular flexibility index (Phi) is 3.49. The first kappa shape index (κ1) is 10.4. The summed E-state index contributed by atoms with van der Waals surface area (Å²) >= 11 is 0. The molecule has 2 nitrogen and oxygen atoms in total. The molecule has 0 aromatic carbocycles. The van der Waals surface area contributed by atoms with Crippen LogP contribution in [0.1, 0.15) is 19.5 Å². The minimum absolute atomic E-state index is 0. The maximum Gasteiger partial charge on any atom is 0.101 e. The standard InChI is InChI=1S/C8H11NO.ClH/c1-8(2,10)7-5-3-4-6-9-7;/h3-6,10H,1-2H3;1H. The van der Waals surface area contributed by atoms with E-state index in [4.69, 9.17) is 0 Å². The zero-order valence-electron chi connectivity index (χ0n) is 6.61. The number of halogens is 1. The normalized spacial score (nSPS) is 10.5. The van der Waals surface area contributed by atoms with Crippen LogP contribution in [0.3, 0.4) is 0 Å². The van der Waals surface area contributed by atoms with Crippen LogP contribution >= 0.6 is 12.4 Å². The molecule has 0 unspecified atom stereocenters. The summed E-state index contributed by atoms with van der Waals surface area (Å²) < 4.78 is 0. The highest BCUT2D eigenvalue weighted by atomic mass is 35.5. The predicted molar refractivity (Wildman–Crippen MR) is 46.7 cm³/mol. The van der Waals surface area contributed by atoms with Crippen molar-refractivity contribution >= 4 is 12.4 Å². The van der Waals surface area contributed by atoms with E-state index < -0.39 is 5.60 Å². The van der Waals surface area contributed by atoms with Crippen molar-refractivity contribution in [2.75, 3.05) is 0 Å². The molecule has 1 N–H and O–H groups in total. The lowest BCUT2D eigenvalue weighted by Gasteiger charge is -2.15. The van der Waals surface area contributed by atoms with Crippen molar-refractivity contribution in [2.24, 2.45) is 0 Å². The van der Waals surface area contributed by atoms with Crippen LogP contribution in [0.2, 0.25) is 0 Å². The van der Waals surface area contributed by atoms with E-state index in [0.29, 0.717) is 5.69 Å².